The van der Waals surface area contributed by atoms with Crippen molar-refractivity contribution < 1.29 is 19.8 Å². The van der Waals surface area contributed by atoms with Crippen LogP contribution in [0, 0.1) is 0 Å². The Morgan fingerprint density at radius 3 is 1.74 bits per heavy atom. The average Bonchev–Trinajstić information content (AvgIpc) is 2.49. The minimum Gasteiger partial charge on any atom is -0.481 e. The molecule has 0 amide bonds. The second kappa shape index (κ2) is 16.5. The number of aliphatic carboxylic acids is 2. The highest BCUT2D eigenvalue weighted by Crippen LogP contribution is 2.11. The van der Waals surface area contributed by atoms with Gasteiger partial charge in [0.15, 0.2) is 0 Å². The van der Waals surface area contributed by atoms with Gasteiger partial charge in [0.25, 0.3) is 0 Å². The van der Waals surface area contributed by atoms with E-state index in [9.17, 15) is 9.59 Å². The monoisotopic (exact) mass is 322 g/mol. The standard InChI is InChI=1S/C19H30O4/c20-18(21)16-14-12-10-8-6-4-2-1-3-5-7-9-11-13-15-17-19(22)23/h6,8,10,12,14,16H,1-5,7,9,11,13,15,17H2,(H,20,21)(H,22,23). The summed E-state index contributed by atoms with van der Waals surface area (Å²) in [5, 5.41) is 16.9. The summed E-state index contributed by atoms with van der Waals surface area (Å²) in [5.74, 6) is -1.62. The second-order valence-electron chi connectivity index (χ2n) is 5.62. The van der Waals surface area contributed by atoms with Gasteiger partial charge in [-0.25, -0.2) is 4.79 Å². The minimum atomic E-state index is -0.932. The van der Waals surface area contributed by atoms with Gasteiger partial charge in [-0.15, -0.1) is 0 Å². The topological polar surface area (TPSA) is 74.6 Å². The van der Waals surface area contributed by atoms with Crippen LogP contribution in [0.3, 0.4) is 0 Å². The molecule has 0 aromatic heterocycles. The number of carboxylic acids is 2. The Morgan fingerprint density at radius 1 is 0.652 bits per heavy atom. The Hall–Kier alpha value is -1.84. The highest BCUT2D eigenvalue weighted by molar-refractivity contribution is 5.80. The van der Waals surface area contributed by atoms with Crippen molar-refractivity contribution in [3.05, 3.63) is 36.5 Å². The number of hydrogen-bond acceptors (Lipinski definition) is 2. The molecule has 4 heteroatoms. The number of allylic oxidation sites excluding steroid dienone is 5. The van der Waals surface area contributed by atoms with Gasteiger partial charge in [-0.3, -0.25) is 4.79 Å². The van der Waals surface area contributed by atoms with Crippen molar-refractivity contribution in [2.75, 3.05) is 0 Å². The summed E-state index contributed by atoms with van der Waals surface area (Å²) in [6.07, 6.45) is 22.0. The summed E-state index contributed by atoms with van der Waals surface area (Å²) in [4.78, 5) is 20.6. The fourth-order valence-electron chi connectivity index (χ4n) is 2.22. The molecule has 0 spiro atoms. The Balaban J connectivity index is 3.24. The summed E-state index contributed by atoms with van der Waals surface area (Å²) in [5.41, 5.74) is 0. The highest BCUT2D eigenvalue weighted by atomic mass is 16.4. The van der Waals surface area contributed by atoms with Gasteiger partial charge in [-0.05, 0) is 19.3 Å². The van der Waals surface area contributed by atoms with Crippen LogP contribution in [-0.4, -0.2) is 22.2 Å². The lowest BCUT2D eigenvalue weighted by Gasteiger charge is -2.01. The maximum atomic E-state index is 10.3. The van der Waals surface area contributed by atoms with E-state index in [0.29, 0.717) is 6.42 Å². The van der Waals surface area contributed by atoms with E-state index >= 15 is 0 Å². The summed E-state index contributed by atoms with van der Waals surface area (Å²) >= 11 is 0. The third kappa shape index (κ3) is 20.2. The largest absolute Gasteiger partial charge is 0.481 e. The molecule has 0 aliphatic carbocycles. The van der Waals surface area contributed by atoms with Crippen LogP contribution in [0.1, 0.15) is 70.6 Å². The van der Waals surface area contributed by atoms with Crippen LogP contribution >= 0.6 is 0 Å². The molecule has 0 rings (SSSR count). The van der Waals surface area contributed by atoms with Crippen molar-refractivity contribution in [2.24, 2.45) is 0 Å². The normalized spacial score (nSPS) is 11.8. The number of rotatable bonds is 15. The second-order valence-corrected chi connectivity index (χ2v) is 5.62. The maximum absolute atomic E-state index is 10.3. The van der Waals surface area contributed by atoms with Crippen molar-refractivity contribution in [1.82, 2.24) is 0 Å². The lowest BCUT2D eigenvalue weighted by molar-refractivity contribution is -0.137. The maximum Gasteiger partial charge on any atom is 0.328 e. The van der Waals surface area contributed by atoms with Gasteiger partial charge in [-0.1, -0.05) is 75.3 Å². The van der Waals surface area contributed by atoms with Gasteiger partial charge >= 0.3 is 11.9 Å². The smallest absolute Gasteiger partial charge is 0.328 e. The first-order chi connectivity index (χ1) is 11.1. The van der Waals surface area contributed by atoms with Gasteiger partial charge in [0.1, 0.15) is 0 Å². The predicted molar refractivity (Wildman–Crippen MR) is 93.5 cm³/mol. The van der Waals surface area contributed by atoms with E-state index < -0.39 is 11.9 Å². The summed E-state index contributed by atoms with van der Waals surface area (Å²) in [6, 6.07) is 0. The zero-order valence-corrected chi connectivity index (χ0v) is 14.0. The molecule has 0 unspecified atom stereocenters. The highest BCUT2D eigenvalue weighted by Gasteiger charge is 1.96. The summed E-state index contributed by atoms with van der Waals surface area (Å²) in [6.45, 7) is 0. The fourth-order valence-corrected chi connectivity index (χ4v) is 2.22. The van der Waals surface area contributed by atoms with E-state index in [1.54, 1.807) is 6.08 Å². The molecule has 4 nitrogen and oxygen atoms in total. The van der Waals surface area contributed by atoms with Crippen molar-refractivity contribution in [3.63, 3.8) is 0 Å². The first-order valence-corrected chi connectivity index (χ1v) is 8.57. The van der Waals surface area contributed by atoms with Crippen LogP contribution in [0.25, 0.3) is 0 Å². The van der Waals surface area contributed by atoms with Gasteiger partial charge in [0.05, 0.1) is 0 Å². The molecule has 0 aromatic rings. The third-order valence-corrected chi connectivity index (χ3v) is 3.47. The molecular weight excluding hydrogens is 292 g/mol. The molecule has 0 fully saturated rings. The van der Waals surface area contributed by atoms with Crippen molar-refractivity contribution in [2.45, 2.75) is 70.6 Å². The molecule has 0 bridgehead atoms. The minimum absolute atomic E-state index is 0.304. The molecule has 0 atom stereocenters. The quantitative estimate of drug-likeness (QED) is 0.249. The van der Waals surface area contributed by atoms with E-state index in [1.807, 2.05) is 12.2 Å². The number of carbonyl (C=O) groups is 2. The van der Waals surface area contributed by atoms with E-state index in [1.165, 1.54) is 44.6 Å². The Kier molecular flexibility index (Phi) is 15.2. The van der Waals surface area contributed by atoms with E-state index in [0.717, 1.165) is 31.8 Å². The summed E-state index contributed by atoms with van der Waals surface area (Å²) in [7, 11) is 0. The predicted octanol–water partition coefficient (Wildman–Crippen LogP) is 5.12. The van der Waals surface area contributed by atoms with Crippen molar-refractivity contribution >= 4 is 11.9 Å². The molecule has 130 valence electrons. The Labute approximate surface area is 139 Å². The molecule has 0 heterocycles. The molecule has 23 heavy (non-hydrogen) atoms. The number of carboxylic acid groups (broad SMARTS) is 2. The van der Waals surface area contributed by atoms with Crippen LogP contribution in [0.5, 0.6) is 0 Å². The van der Waals surface area contributed by atoms with Crippen molar-refractivity contribution in [3.8, 4) is 0 Å². The van der Waals surface area contributed by atoms with Gasteiger partial charge in [-0.2, -0.15) is 0 Å². The zero-order valence-electron chi connectivity index (χ0n) is 14.0. The molecule has 0 saturated carbocycles. The van der Waals surface area contributed by atoms with Gasteiger partial charge in [0, 0.05) is 12.5 Å². The number of unbranched alkanes of at least 4 members (excludes halogenated alkanes) is 9. The van der Waals surface area contributed by atoms with Gasteiger partial charge in [0.2, 0.25) is 0 Å². The van der Waals surface area contributed by atoms with E-state index in [2.05, 4.69) is 6.08 Å². The van der Waals surface area contributed by atoms with Crippen LogP contribution in [-0.2, 0) is 9.59 Å². The zero-order chi connectivity index (χ0) is 17.2. The van der Waals surface area contributed by atoms with Crippen LogP contribution in [0.2, 0.25) is 0 Å². The first-order valence-electron chi connectivity index (χ1n) is 8.57. The molecule has 0 aromatic carbocycles. The van der Waals surface area contributed by atoms with Crippen LogP contribution in [0.15, 0.2) is 36.5 Å². The van der Waals surface area contributed by atoms with E-state index in [-0.39, 0.29) is 0 Å². The first kappa shape index (κ1) is 21.2. The average molecular weight is 322 g/mol. The molecule has 0 radical (unpaired) electrons. The lowest BCUT2D eigenvalue weighted by atomic mass is 10.1. The molecular formula is C19H30O4. The Morgan fingerprint density at radius 2 is 1.17 bits per heavy atom. The summed E-state index contributed by atoms with van der Waals surface area (Å²) < 4.78 is 0. The molecule has 2 N–H and O–H groups in total. The number of hydrogen-bond donors (Lipinski definition) is 2. The fraction of sp³-hybridized carbons (Fsp3) is 0.579. The van der Waals surface area contributed by atoms with Crippen molar-refractivity contribution in [1.29, 1.82) is 0 Å². The van der Waals surface area contributed by atoms with E-state index in [4.69, 9.17) is 10.2 Å². The Bertz CT molecular complexity index is 394. The SMILES string of the molecule is O=C(O)C=CC=CC=CCCCCCCCCCCCC(=O)O. The van der Waals surface area contributed by atoms with Gasteiger partial charge < -0.3 is 10.2 Å². The molecule has 0 saturated heterocycles. The lowest BCUT2D eigenvalue weighted by Crippen LogP contribution is -1.93. The third-order valence-electron chi connectivity index (χ3n) is 3.47. The molecule has 0 aliphatic heterocycles. The van der Waals surface area contributed by atoms with Crippen LogP contribution in [0.4, 0.5) is 0 Å². The van der Waals surface area contributed by atoms with Crippen LogP contribution < -0.4 is 0 Å². The molecule has 0 aliphatic rings.